The maximum absolute atomic E-state index is 6.05. The number of anilines is 1. The standard InChI is InChI=1S/C11H10N2O/c12-10-7-3-1-2-4-9(7)13-11-8(10)5-6-14-11/h1-4H,5-6H2,(H2,12,13). The second-order valence-electron chi connectivity index (χ2n) is 3.42. The molecule has 3 nitrogen and oxygen atoms in total. The number of benzene rings is 1. The number of nitrogens with zero attached hydrogens (tertiary/aromatic N) is 1. The topological polar surface area (TPSA) is 48.1 Å². The second kappa shape index (κ2) is 2.61. The van der Waals surface area contributed by atoms with Crippen LogP contribution in [-0.2, 0) is 6.42 Å². The fraction of sp³-hybridized carbons (Fsp3) is 0.182. The maximum Gasteiger partial charge on any atom is 0.219 e. The molecule has 2 heterocycles. The molecule has 1 aromatic carbocycles. The molecular formula is C11H10N2O. The zero-order chi connectivity index (χ0) is 9.54. The van der Waals surface area contributed by atoms with Gasteiger partial charge in [-0.05, 0) is 6.07 Å². The zero-order valence-corrected chi connectivity index (χ0v) is 7.66. The third-order valence-electron chi connectivity index (χ3n) is 2.59. The van der Waals surface area contributed by atoms with E-state index in [1.807, 2.05) is 24.3 Å². The van der Waals surface area contributed by atoms with Gasteiger partial charge in [0.2, 0.25) is 5.88 Å². The van der Waals surface area contributed by atoms with Gasteiger partial charge in [-0.25, -0.2) is 4.98 Å². The highest BCUT2D eigenvalue weighted by atomic mass is 16.5. The van der Waals surface area contributed by atoms with Crippen molar-refractivity contribution in [1.29, 1.82) is 0 Å². The lowest BCUT2D eigenvalue weighted by molar-refractivity contribution is 0.346. The first kappa shape index (κ1) is 7.62. The molecule has 0 aliphatic carbocycles. The Morgan fingerprint density at radius 3 is 3.07 bits per heavy atom. The Labute approximate surface area is 81.5 Å². The molecule has 0 bridgehead atoms. The lowest BCUT2D eigenvalue weighted by Crippen LogP contribution is -1.94. The first-order valence-corrected chi connectivity index (χ1v) is 4.66. The molecular weight excluding hydrogens is 176 g/mol. The molecule has 0 radical (unpaired) electrons. The number of hydrogen-bond acceptors (Lipinski definition) is 3. The van der Waals surface area contributed by atoms with Gasteiger partial charge in [-0.3, -0.25) is 0 Å². The number of nitrogens with two attached hydrogens (primary N) is 1. The van der Waals surface area contributed by atoms with Gasteiger partial charge in [0.15, 0.2) is 0 Å². The Morgan fingerprint density at radius 2 is 2.14 bits per heavy atom. The molecule has 1 aromatic heterocycles. The van der Waals surface area contributed by atoms with Crippen LogP contribution in [0.2, 0.25) is 0 Å². The molecule has 1 aliphatic rings. The summed E-state index contributed by atoms with van der Waals surface area (Å²) in [7, 11) is 0. The van der Waals surface area contributed by atoms with Gasteiger partial charge in [0.05, 0.1) is 12.1 Å². The SMILES string of the molecule is Nc1c2c(nc3ccccc13)OCC2. The number of para-hydroxylation sites is 1. The first-order chi connectivity index (χ1) is 6.86. The van der Waals surface area contributed by atoms with Crippen LogP contribution in [0.1, 0.15) is 5.56 Å². The van der Waals surface area contributed by atoms with Crippen molar-refractivity contribution in [1.82, 2.24) is 4.98 Å². The van der Waals surface area contributed by atoms with Crippen molar-refractivity contribution in [3.63, 3.8) is 0 Å². The highest BCUT2D eigenvalue weighted by Gasteiger charge is 2.18. The Morgan fingerprint density at radius 1 is 1.29 bits per heavy atom. The minimum atomic E-state index is 0.697. The summed E-state index contributed by atoms with van der Waals surface area (Å²) in [6.45, 7) is 0.697. The third kappa shape index (κ3) is 0.894. The number of hydrogen-bond donors (Lipinski definition) is 1. The van der Waals surface area contributed by atoms with Crippen LogP contribution in [0.15, 0.2) is 24.3 Å². The van der Waals surface area contributed by atoms with Crippen molar-refractivity contribution < 1.29 is 4.74 Å². The minimum Gasteiger partial charge on any atom is -0.477 e. The van der Waals surface area contributed by atoms with Crippen molar-refractivity contribution in [3.05, 3.63) is 29.8 Å². The first-order valence-electron chi connectivity index (χ1n) is 4.66. The number of pyridine rings is 1. The Balaban J connectivity index is 2.44. The Bertz CT molecular complexity index is 508. The van der Waals surface area contributed by atoms with Crippen molar-refractivity contribution >= 4 is 16.6 Å². The van der Waals surface area contributed by atoms with Crippen LogP contribution in [-0.4, -0.2) is 11.6 Å². The zero-order valence-electron chi connectivity index (χ0n) is 7.66. The van der Waals surface area contributed by atoms with E-state index in [2.05, 4.69) is 4.98 Å². The van der Waals surface area contributed by atoms with Gasteiger partial charge in [0.1, 0.15) is 0 Å². The number of ether oxygens (including phenoxy) is 1. The van der Waals surface area contributed by atoms with Crippen LogP contribution in [0, 0.1) is 0 Å². The Kier molecular flexibility index (Phi) is 1.42. The van der Waals surface area contributed by atoms with Crippen molar-refractivity contribution in [2.24, 2.45) is 0 Å². The molecule has 0 saturated carbocycles. The lowest BCUT2D eigenvalue weighted by atomic mass is 10.1. The number of fused-ring (bicyclic) bond motifs is 2. The van der Waals surface area contributed by atoms with Crippen molar-refractivity contribution in [3.8, 4) is 5.88 Å². The van der Waals surface area contributed by atoms with Crippen LogP contribution < -0.4 is 10.5 Å². The molecule has 3 heteroatoms. The molecule has 0 amide bonds. The van der Waals surface area contributed by atoms with Crippen LogP contribution >= 0.6 is 0 Å². The number of rotatable bonds is 0. The molecule has 0 atom stereocenters. The van der Waals surface area contributed by atoms with Crippen LogP contribution in [0.5, 0.6) is 5.88 Å². The summed E-state index contributed by atoms with van der Waals surface area (Å²) in [6, 6.07) is 7.88. The largest absolute Gasteiger partial charge is 0.477 e. The lowest BCUT2D eigenvalue weighted by Gasteiger charge is -2.05. The van der Waals surface area contributed by atoms with E-state index < -0.39 is 0 Å². The fourth-order valence-corrected chi connectivity index (χ4v) is 1.86. The molecule has 14 heavy (non-hydrogen) atoms. The van der Waals surface area contributed by atoms with E-state index >= 15 is 0 Å². The van der Waals surface area contributed by atoms with Gasteiger partial charge in [0, 0.05) is 23.1 Å². The highest BCUT2D eigenvalue weighted by Crippen LogP contribution is 2.33. The average molecular weight is 186 g/mol. The van der Waals surface area contributed by atoms with E-state index in [0.29, 0.717) is 12.5 Å². The molecule has 2 N–H and O–H groups in total. The number of nitrogen functional groups attached to an aromatic ring is 1. The molecule has 3 rings (SSSR count). The Hall–Kier alpha value is -1.77. The van der Waals surface area contributed by atoms with Gasteiger partial charge in [-0.1, -0.05) is 18.2 Å². The van der Waals surface area contributed by atoms with E-state index in [1.54, 1.807) is 0 Å². The van der Waals surface area contributed by atoms with Gasteiger partial charge >= 0.3 is 0 Å². The van der Waals surface area contributed by atoms with Gasteiger partial charge in [-0.2, -0.15) is 0 Å². The molecule has 0 unspecified atom stereocenters. The predicted octanol–water partition coefficient (Wildman–Crippen LogP) is 1.75. The normalized spacial score (nSPS) is 14.0. The predicted molar refractivity (Wildman–Crippen MR) is 55.4 cm³/mol. The maximum atomic E-state index is 6.05. The second-order valence-corrected chi connectivity index (χ2v) is 3.42. The van der Waals surface area contributed by atoms with Gasteiger partial charge in [-0.15, -0.1) is 0 Å². The summed E-state index contributed by atoms with van der Waals surface area (Å²) >= 11 is 0. The molecule has 0 fully saturated rings. The van der Waals surface area contributed by atoms with Crippen LogP contribution in [0.25, 0.3) is 10.9 Å². The van der Waals surface area contributed by atoms with Gasteiger partial charge in [0.25, 0.3) is 0 Å². The summed E-state index contributed by atoms with van der Waals surface area (Å²) in [6.07, 6.45) is 0.874. The van der Waals surface area contributed by atoms with Crippen molar-refractivity contribution in [2.75, 3.05) is 12.3 Å². The molecule has 2 aromatic rings. The molecule has 0 saturated heterocycles. The summed E-state index contributed by atoms with van der Waals surface area (Å²) in [5.74, 6) is 0.709. The van der Waals surface area contributed by atoms with Crippen molar-refractivity contribution in [2.45, 2.75) is 6.42 Å². The average Bonchev–Trinajstić information content (AvgIpc) is 2.66. The smallest absolute Gasteiger partial charge is 0.219 e. The summed E-state index contributed by atoms with van der Waals surface area (Å²) in [5.41, 5.74) is 8.84. The molecule has 1 aliphatic heterocycles. The van der Waals surface area contributed by atoms with E-state index in [1.165, 1.54) is 0 Å². The summed E-state index contributed by atoms with van der Waals surface area (Å²) in [4.78, 5) is 4.41. The summed E-state index contributed by atoms with van der Waals surface area (Å²) < 4.78 is 5.40. The van der Waals surface area contributed by atoms with E-state index in [4.69, 9.17) is 10.5 Å². The minimum absolute atomic E-state index is 0.697. The highest BCUT2D eigenvalue weighted by molar-refractivity contribution is 5.92. The fourth-order valence-electron chi connectivity index (χ4n) is 1.86. The van der Waals surface area contributed by atoms with E-state index in [0.717, 1.165) is 28.6 Å². The molecule has 70 valence electrons. The van der Waals surface area contributed by atoms with E-state index in [9.17, 15) is 0 Å². The monoisotopic (exact) mass is 186 g/mol. The third-order valence-corrected chi connectivity index (χ3v) is 2.59. The quantitative estimate of drug-likeness (QED) is 0.681. The van der Waals surface area contributed by atoms with E-state index in [-0.39, 0.29) is 0 Å². The number of aromatic nitrogens is 1. The van der Waals surface area contributed by atoms with Crippen LogP contribution in [0.3, 0.4) is 0 Å². The van der Waals surface area contributed by atoms with Gasteiger partial charge < -0.3 is 10.5 Å². The van der Waals surface area contributed by atoms with Crippen LogP contribution in [0.4, 0.5) is 5.69 Å². The molecule has 0 spiro atoms. The summed E-state index contributed by atoms with van der Waals surface area (Å²) in [5, 5.41) is 1.02.